The topological polar surface area (TPSA) is 44.8 Å². The lowest BCUT2D eigenvalue weighted by molar-refractivity contribution is -0.140. The van der Waals surface area contributed by atoms with Gasteiger partial charge in [-0.3, -0.25) is 14.6 Å². The van der Waals surface area contributed by atoms with E-state index in [9.17, 15) is 4.79 Å². The highest BCUT2D eigenvalue weighted by atomic mass is 16.5. The third-order valence-corrected chi connectivity index (χ3v) is 6.35. The fourth-order valence-electron chi connectivity index (χ4n) is 4.47. The average Bonchev–Trinajstić information content (AvgIpc) is 2.63. The van der Waals surface area contributed by atoms with E-state index in [1.807, 2.05) is 6.92 Å². The van der Waals surface area contributed by atoms with Crippen LogP contribution < -0.4 is 10.1 Å². The number of ether oxygens (including phenoxy) is 1. The zero-order valence-electron chi connectivity index (χ0n) is 17.6. The average molecular weight is 374 g/mol. The Kier molecular flexibility index (Phi) is 6.11. The van der Waals surface area contributed by atoms with Crippen molar-refractivity contribution in [2.45, 2.75) is 58.5 Å². The van der Waals surface area contributed by atoms with Gasteiger partial charge in [0.15, 0.2) is 0 Å². The van der Waals surface area contributed by atoms with E-state index < -0.39 is 0 Å². The summed E-state index contributed by atoms with van der Waals surface area (Å²) < 4.78 is 5.86. The number of carbonyl (C=O) groups excluding carboxylic acids is 1. The van der Waals surface area contributed by atoms with E-state index in [1.165, 1.54) is 16.7 Å². The molecule has 0 unspecified atom stereocenters. The predicted octanol–water partition coefficient (Wildman–Crippen LogP) is 2.91. The van der Waals surface area contributed by atoms with Gasteiger partial charge < -0.3 is 10.1 Å². The van der Waals surface area contributed by atoms with Crippen molar-refractivity contribution in [1.29, 1.82) is 0 Å². The maximum absolute atomic E-state index is 12.5. The monoisotopic (exact) mass is 373 g/mol. The molecular formula is C22H35N3O2. The van der Waals surface area contributed by atoms with Crippen molar-refractivity contribution in [1.82, 2.24) is 15.1 Å². The van der Waals surface area contributed by atoms with Gasteiger partial charge in [0.05, 0.1) is 6.61 Å². The number of amides is 1. The first-order valence-electron chi connectivity index (χ1n) is 10.4. The van der Waals surface area contributed by atoms with E-state index in [4.69, 9.17) is 4.74 Å². The molecule has 3 rings (SSSR count). The Labute approximate surface area is 164 Å². The Bertz CT molecular complexity index is 678. The fourth-order valence-corrected chi connectivity index (χ4v) is 4.47. The van der Waals surface area contributed by atoms with Crippen LogP contribution in [0, 0.1) is 6.92 Å². The van der Waals surface area contributed by atoms with Gasteiger partial charge in [0, 0.05) is 32.7 Å². The van der Waals surface area contributed by atoms with Crippen molar-refractivity contribution >= 4 is 5.91 Å². The lowest BCUT2D eigenvalue weighted by atomic mass is 9.83. The summed E-state index contributed by atoms with van der Waals surface area (Å²) >= 11 is 0. The number of hydrogen-bond donors (Lipinski definition) is 1. The van der Waals surface area contributed by atoms with Crippen molar-refractivity contribution in [2.24, 2.45) is 0 Å². The summed E-state index contributed by atoms with van der Waals surface area (Å²) in [7, 11) is 2.10. The summed E-state index contributed by atoms with van der Waals surface area (Å²) in [4.78, 5) is 17.3. The second kappa shape index (κ2) is 8.19. The minimum atomic E-state index is -0.300. The van der Waals surface area contributed by atoms with Gasteiger partial charge in [0.2, 0.25) is 5.91 Å². The van der Waals surface area contributed by atoms with Crippen LogP contribution in [-0.4, -0.2) is 61.1 Å². The number of aryl methyl sites for hydroxylation is 1. The molecule has 1 spiro atoms. The van der Waals surface area contributed by atoms with E-state index in [0.29, 0.717) is 12.5 Å². The normalized spacial score (nSPS) is 20.9. The smallest absolute Gasteiger partial charge is 0.240 e. The van der Waals surface area contributed by atoms with Gasteiger partial charge >= 0.3 is 0 Å². The van der Waals surface area contributed by atoms with Gasteiger partial charge in [0.25, 0.3) is 0 Å². The Hall–Kier alpha value is -1.59. The summed E-state index contributed by atoms with van der Waals surface area (Å²) in [5.74, 6) is 1.68. The zero-order valence-corrected chi connectivity index (χ0v) is 17.6. The number of nitrogens with zero attached hydrogens (tertiary/aromatic N) is 2. The van der Waals surface area contributed by atoms with Crippen molar-refractivity contribution in [2.75, 3.05) is 39.8 Å². The number of piperidine rings is 1. The van der Waals surface area contributed by atoms with Gasteiger partial charge in [0.1, 0.15) is 11.3 Å². The van der Waals surface area contributed by atoms with Crippen molar-refractivity contribution in [3.05, 3.63) is 28.8 Å². The highest BCUT2D eigenvalue weighted by Crippen LogP contribution is 2.33. The van der Waals surface area contributed by atoms with Gasteiger partial charge in [-0.25, -0.2) is 0 Å². The van der Waals surface area contributed by atoms with Crippen LogP contribution in [0.2, 0.25) is 0 Å². The van der Waals surface area contributed by atoms with Crippen LogP contribution in [0.25, 0.3) is 0 Å². The minimum absolute atomic E-state index is 0.218. The van der Waals surface area contributed by atoms with E-state index in [2.05, 4.69) is 55.1 Å². The first kappa shape index (κ1) is 20.2. The molecule has 0 aromatic heterocycles. The second-order valence-electron chi connectivity index (χ2n) is 8.39. The molecule has 5 heteroatoms. The van der Waals surface area contributed by atoms with Crippen LogP contribution in [0.5, 0.6) is 5.75 Å². The van der Waals surface area contributed by atoms with Crippen LogP contribution in [0.4, 0.5) is 0 Å². The molecule has 27 heavy (non-hydrogen) atoms. The third kappa shape index (κ3) is 3.99. The van der Waals surface area contributed by atoms with Crippen LogP contribution >= 0.6 is 0 Å². The molecule has 0 atom stereocenters. The Morgan fingerprint density at radius 2 is 1.93 bits per heavy atom. The molecule has 2 fully saturated rings. The molecular weight excluding hydrogens is 338 g/mol. The number of carbonyl (C=O) groups is 1. The number of hydrogen-bond acceptors (Lipinski definition) is 4. The van der Waals surface area contributed by atoms with Gasteiger partial charge in [-0.2, -0.15) is 0 Å². The molecule has 1 aromatic carbocycles. The lowest BCUT2D eigenvalue weighted by Crippen LogP contribution is -2.66. The van der Waals surface area contributed by atoms with Crippen molar-refractivity contribution in [3.63, 3.8) is 0 Å². The van der Waals surface area contributed by atoms with Crippen molar-refractivity contribution in [3.8, 4) is 5.75 Å². The predicted molar refractivity (Wildman–Crippen MR) is 109 cm³/mol. The van der Waals surface area contributed by atoms with Crippen LogP contribution in [-0.2, 0) is 11.3 Å². The maximum atomic E-state index is 12.5. The van der Waals surface area contributed by atoms with E-state index >= 15 is 0 Å². The number of rotatable bonds is 5. The summed E-state index contributed by atoms with van der Waals surface area (Å²) in [5.41, 5.74) is 3.65. The van der Waals surface area contributed by atoms with Crippen LogP contribution in [0.1, 0.15) is 56.2 Å². The molecule has 0 saturated carbocycles. The molecule has 1 N–H and O–H groups in total. The fraction of sp³-hybridized carbons (Fsp3) is 0.682. The first-order chi connectivity index (χ1) is 12.9. The largest absolute Gasteiger partial charge is 0.494 e. The summed E-state index contributed by atoms with van der Waals surface area (Å²) in [6, 6.07) is 4.52. The van der Waals surface area contributed by atoms with Gasteiger partial charge in [-0.1, -0.05) is 19.9 Å². The number of piperazine rings is 1. The van der Waals surface area contributed by atoms with Crippen LogP contribution in [0.3, 0.4) is 0 Å². The van der Waals surface area contributed by atoms with Crippen LogP contribution in [0.15, 0.2) is 12.1 Å². The number of nitrogens with one attached hydrogen (secondary N) is 1. The van der Waals surface area contributed by atoms with Gasteiger partial charge in [-0.15, -0.1) is 0 Å². The van der Waals surface area contributed by atoms with Crippen molar-refractivity contribution < 1.29 is 9.53 Å². The molecule has 2 heterocycles. The molecule has 2 aliphatic rings. The molecule has 2 aliphatic heterocycles. The third-order valence-electron chi connectivity index (χ3n) is 6.35. The summed E-state index contributed by atoms with van der Waals surface area (Å²) in [5, 5.41) is 3.07. The zero-order chi connectivity index (χ0) is 19.6. The van der Waals surface area contributed by atoms with E-state index in [-0.39, 0.29) is 11.4 Å². The first-order valence-corrected chi connectivity index (χ1v) is 10.4. The minimum Gasteiger partial charge on any atom is -0.494 e. The Balaban J connectivity index is 1.72. The highest BCUT2D eigenvalue weighted by Gasteiger charge is 2.46. The molecule has 1 aromatic rings. The Morgan fingerprint density at radius 3 is 2.52 bits per heavy atom. The van der Waals surface area contributed by atoms with E-state index in [0.717, 1.165) is 51.3 Å². The molecule has 0 aliphatic carbocycles. The number of likely N-dealkylation sites (N-methyl/N-ethyl adjacent to an activating group) is 1. The number of benzene rings is 1. The Morgan fingerprint density at radius 1 is 1.22 bits per heavy atom. The summed E-state index contributed by atoms with van der Waals surface area (Å²) in [6.45, 7) is 13.9. The maximum Gasteiger partial charge on any atom is 0.240 e. The SMILES string of the molecule is CCOc1cc(C)c(CN2CCC3(CC2)C(=O)NCCN3C)cc1C(C)C. The lowest BCUT2D eigenvalue weighted by Gasteiger charge is -2.48. The molecule has 0 bridgehead atoms. The number of likely N-dealkylation sites (tertiary alicyclic amines) is 1. The second-order valence-corrected chi connectivity index (χ2v) is 8.39. The molecule has 5 nitrogen and oxygen atoms in total. The van der Waals surface area contributed by atoms with E-state index in [1.54, 1.807) is 0 Å². The molecule has 150 valence electrons. The quantitative estimate of drug-likeness (QED) is 0.862. The molecule has 2 saturated heterocycles. The summed E-state index contributed by atoms with van der Waals surface area (Å²) in [6.07, 6.45) is 1.81. The highest BCUT2D eigenvalue weighted by molar-refractivity contribution is 5.87. The molecule has 0 radical (unpaired) electrons. The molecule has 1 amide bonds. The standard InChI is InChI=1S/C22H35N3O2/c1-6-27-20-13-17(4)18(14-19(20)16(2)3)15-25-10-7-22(8-11-25)21(26)23-9-12-24(22)5/h13-14,16H,6-12,15H2,1-5H3,(H,23,26). The van der Waals surface area contributed by atoms with Gasteiger partial charge in [-0.05, 0) is 62.4 Å².